The van der Waals surface area contributed by atoms with E-state index in [-0.39, 0.29) is 12.2 Å². The lowest BCUT2D eigenvalue weighted by Gasteiger charge is -2.24. The summed E-state index contributed by atoms with van der Waals surface area (Å²) in [6, 6.07) is 0. The minimum absolute atomic E-state index is 0.269. The van der Waals surface area contributed by atoms with Gasteiger partial charge in [-0.15, -0.1) is 0 Å². The molecule has 0 unspecified atom stereocenters. The van der Waals surface area contributed by atoms with E-state index < -0.39 is 0 Å². The van der Waals surface area contributed by atoms with Crippen LogP contribution in [0.3, 0.4) is 0 Å². The summed E-state index contributed by atoms with van der Waals surface area (Å²) in [4.78, 5) is 0. The van der Waals surface area contributed by atoms with E-state index in [9.17, 15) is 0 Å². The SMILES string of the molecule is CCC[C@@H](OCC)[C@H](CI)OCC. The lowest BCUT2D eigenvalue weighted by atomic mass is 10.1. The van der Waals surface area contributed by atoms with Gasteiger partial charge in [-0.25, -0.2) is 0 Å². The standard InChI is InChI=1S/C10H21IO2/c1-4-7-9(12-5-2)10(8-11)13-6-3/h9-10H,4-8H2,1-3H3/t9-,10+/m1/s1. The molecule has 0 radical (unpaired) electrons. The van der Waals surface area contributed by atoms with Crippen LogP contribution in [-0.4, -0.2) is 29.8 Å². The number of ether oxygens (including phenoxy) is 2. The normalized spacial score (nSPS) is 15.7. The summed E-state index contributed by atoms with van der Waals surface area (Å²) in [6.07, 6.45) is 2.81. The fourth-order valence-corrected chi connectivity index (χ4v) is 2.16. The molecule has 0 saturated carbocycles. The molecule has 0 aromatic heterocycles. The van der Waals surface area contributed by atoms with Crippen molar-refractivity contribution in [2.24, 2.45) is 0 Å². The van der Waals surface area contributed by atoms with Gasteiger partial charge in [0.05, 0.1) is 12.2 Å². The lowest BCUT2D eigenvalue weighted by molar-refractivity contribution is -0.0580. The largest absolute Gasteiger partial charge is 0.376 e. The van der Waals surface area contributed by atoms with E-state index in [0.717, 1.165) is 30.5 Å². The van der Waals surface area contributed by atoms with Gasteiger partial charge in [-0.3, -0.25) is 0 Å². The summed E-state index contributed by atoms with van der Waals surface area (Å²) in [5.74, 6) is 0. The highest BCUT2D eigenvalue weighted by Crippen LogP contribution is 2.13. The fourth-order valence-electron chi connectivity index (χ4n) is 1.34. The Morgan fingerprint density at radius 2 is 1.54 bits per heavy atom. The zero-order valence-electron chi connectivity index (χ0n) is 8.88. The van der Waals surface area contributed by atoms with Crippen LogP contribution in [0.5, 0.6) is 0 Å². The summed E-state index contributed by atoms with van der Waals surface area (Å²) >= 11 is 2.36. The Balaban J connectivity index is 3.94. The van der Waals surface area contributed by atoms with E-state index in [1.165, 1.54) is 0 Å². The average molecular weight is 300 g/mol. The topological polar surface area (TPSA) is 18.5 Å². The predicted molar refractivity (Wildman–Crippen MR) is 64.6 cm³/mol. The molecule has 80 valence electrons. The van der Waals surface area contributed by atoms with Gasteiger partial charge < -0.3 is 9.47 Å². The predicted octanol–water partition coefficient (Wildman–Crippen LogP) is 3.03. The van der Waals surface area contributed by atoms with Gasteiger partial charge in [0.2, 0.25) is 0 Å². The molecule has 13 heavy (non-hydrogen) atoms. The van der Waals surface area contributed by atoms with Gasteiger partial charge in [-0.2, -0.15) is 0 Å². The summed E-state index contributed by atoms with van der Waals surface area (Å²) in [5.41, 5.74) is 0. The Labute approximate surface area is 95.5 Å². The molecule has 2 nitrogen and oxygen atoms in total. The molecule has 0 amide bonds. The molecule has 0 aromatic carbocycles. The molecule has 0 spiro atoms. The maximum absolute atomic E-state index is 5.66. The number of halogens is 1. The second-order valence-corrected chi connectivity index (χ2v) is 3.81. The van der Waals surface area contributed by atoms with Crippen LogP contribution in [0, 0.1) is 0 Å². The van der Waals surface area contributed by atoms with Gasteiger partial charge in [0, 0.05) is 17.6 Å². The minimum Gasteiger partial charge on any atom is -0.376 e. The van der Waals surface area contributed by atoms with Crippen LogP contribution >= 0.6 is 22.6 Å². The first-order chi connectivity index (χ1) is 6.29. The minimum atomic E-state index is 0.269. The molecule has 2 atom stereocenters. The van der Waals surface area contributed by atoms with Crippen LogP contribution in [0.15, 0.2) is 0 Å². The number of rotatable bonds is 8. The van der Waals surface area contributed by atoms with Gasteiger partial charge in [-0.1, -0.05) is 35.9 Å². The summed E-state index contributed by atoms with van der Waals surface area (Å²) in [7, 11) is 0. The molecule has 0 aliphatic rings. The molecule has 0 aliphatic carbocycles. The third-order valence-corrected chi connectivity index (χ3v) is 2.77. The van der Waals surface area contributed by atoms with Crippen molar-refractivity contribution in [3.63, 3.8) is 0 Å². The van der Waals surface area contributed by atoms with Gasteiger partial charge in [0.25, 0.3) is 0 Å². The van der Waals surface area contributed by atoms with Crippen molar-refractivity contribution in [3.8, 4) is 0 Å². The molecule has 0 N–H and O–H groups in total. The molecule has 0 rings (SSSR count). The zero-order valence-corrected chi connectivity index (χ0v) is 11.0. The molecular formula is C10H21IO2. The lowest BCUT2D eigenvalue weighted by Crippen LogP contribution is -2.33. The average Bonchev–Trinajstić information content (AvgIpc) is 2.14. The van der Waals surface area contributed by atoms with E-state index in [1.807, 2.05) is 13.8 Å². The molecule has 0 bridgehead atoms. The van der Waals surface area contributed by atoms with Crippen molar-refractivity contribution in [1.82, 2.24) is 0 Å². The van der Waals surface area contributed by atoms with Crippen LogP contribution in [0.2, 0.25) is 0 Å². The van der Waals surface area contributed by atoms with E-state index in [1.54, 1.807) is 0 Å². The van der Waals surface area contributed by atoms with Crippen molar-refractivity contribution in [2.45, 2.75) is 45.8 Å². The van der Waals surface area contributed by atoms with E-state index in [2.05, 4.69) is 29.5 Å². The zero-order chi connectivity index (χ0) is 10.1. The monoisotopic (exact) mass is 300 g/mol. The highest BCUT2D eigenvalue weighted by atomic mass is 127. The number of hydrogen-bond acceptors (Lipinski definition) is 2. The van der Waals surface area contributed by atoms with Crippen LogP contribution in [0.25, 0.3) is 0 Å². The molecule has 0 aromatic rings. The van der Waals surface area contributed by atoms with Crippen LogP contribution in [-0.2, 0) is 9.47 Å². The summed E-state index contributed by atoms with van der Waals surface area (Å²) < 4.78 is 12.3. The quantitative estimate of drug-likeness (QED) is 0.507. The molecule has 0 aliphatic heterocycles. The molecule has 0 fully saturated rings. The van der Waals surface area contributed by atoms with Crippen molar-refractivity contribution < 1.29 is 9.47 Å². The van der Waals surface area contributed by atoms with Gasteiger partial charge in [0.1, 0.15) is 0 Å². The Kier molecular flexibility index (Phi) is 9.68. The number of alkyl halides is 1. The Morgan fingerprint density at radius 3 is 1.92 bits per heavy atom. The maximum atomic E-state index is 5.66. The molecule has 3 heteroatoms. The summed E-state index contributed by atoms with van der Waals surface area (Å²) in [5, 5.41) is 0. The first-order valence-electron chi connectivity index (χ1n) is 5.09. The van der Waals surface area contributed by atoms with Gasteiger partial charge >= 0.3 is 0 Å². The Hall–Kier alpha value is 0.650. The molecular weight excluding hydrogens is 279 g/mol. The Bertz CT molecular complexity index is 103. The van der Waals surface area contributed by atoms with Crippen molar-refractivity contribution in [1.29, 1.82) is 0 Å². The first kappa shape index (κ1) is 13.7. The van der Waals surface area contributed by atoms with Gasteiger partial charge in [0.15, 0.2) is 0 Å². The Morgan fingerprint density at radius 1 is 1.00 bits per heavy atom. The fraction of sp³-hybridized carbons (Fsp3) is 1.00. The highest BCUT2D eigenvalue weighted by Gasteiger charge is 2.19. The maximum Gasteiger partial charge on any atom is 0.0925 e. The van der Waals surface area contributed by atoms with E-state index in [0.29, 0.717) is 0 Å². The first-order valence-corrected chi connectivity index (χ1v) is 6.61. The second-order valence-electron chi connectivity index (χ2n) is 2.93. The highest BCUT2D eigenvalue weighted by molar-refractivity contribution is 14.1. The molecule has 0 saturated heterocycles. The van der Waals surface area contributed by atoms with E-state index >= 15 is 0 Å². The third kappa shape index (κ3) is 5.86. The van der Waals surface area contributed by atoms with Crippen molar-refractivity contribution >= 4 is 22.6 Å². The van der Waals surface area contributed by atoms with Crippen LogP contribution in [0.4, 0.5) is 0 Å². The number of hydrogen-bond donors (Lipinski definition) is 0. The summed E-state index contributed by atoms with van der Waals surface area (Å²) in [6.45, 7) is 7.82. The second kappa shape index (κ2) is 9.21. The van der Waals surface area contributed by atoms with Crippen molar-refractivity contribution in [2.75, 3.05) is 17.6 Å². The smallest absolute Gasteiger partial charge is 0.0925 e. The molecule has 0 heterocycles. The van der Waals surface area contributed by atoms with Crippen LogP contribution < -0.4 is 0 Å². The van der Waals surface area contributed by atoms with Crippen molar-refractivity contribution in [3.05, 3.63) is 0 Å². The van der Waals surface area contributed by atoms with Gasteiger partial charge in [-0.05, 0) is 20.3 Å². The van der Waals surface area contributed by atoms with Crippen LogP contribution in [0.1, 0.15) is 33.6 Å². The third-order valence-electron chi connectivity index (χ3n) is 1.90. The van der Waals surface area contributed by atoms with E-state index in [4.69, 9.17) is 9.47 Å².